The monoisotopic (exact) mass is 289 g/mol. The summed E-state index contributed by atoms with van der Waals surface area (Å²) < 4.78 is 5.33. The molecule has 0 aliphatic rings. The lowest BCUT2D eigenvalue weighted by Gasteiger charge is -2.23. The highest BCUT2D eigenvalue weighted by Gasteiger charge is 2.15. The molecule has 1 N–H and O–H groups in total. The first-order valence-electron chi connectivity index (χ1n) is 7.91. The minimum Gasteiger partial charge on any atom is -0.468 e. The van der Waals surface area contributed by atoms with Gasteiger partial charge in [-0.1, -0.05) is 37.1 Å². The summed E-state index contributed by atoms with van der Waals surface area (Å²) in [5.41, 5.74) is 3.17. The number of hydrogen-bond donors (Lipinski definition) is 1. The smallest absolute Gasteiger partial charge is 0.117 e. The van der Waals surface area contributed by atoms with Gasteiger partial charge in [-0.25, -0.2) is 0 Å². The summed E-state index contributed by atoms with van der Waals surface area (Å²) in [6, 6.07) is 3.94. The van der Waals surface area contributed by atoms with Crippen LogP contribution in [0.3, 0.4) is 0 Å². The molecule has 1 aromatic heterocycles. The SMILES string of the molecule is CC(C)=CCCC(C)=CCC(C)(C)CNCc1ccco1. The Hall–Kier alpha value is -1.28. The predicted octanol–water partition coefficient (Wildman–Crippen LogP) is 5.48. The Morgan fingerprint density at radius 3 is 2.62 bits per heavy atom. The number of furan rings is 1. The predicted molar refractivity (Wildman–Crippen MR) is 91.2 cm³/mol. The zero-order valence-corrected chi connectivity index (χ0v) is 14.3. The van der Waals surface area contributed by atoms with Crippen molar-refractivity contribution in [2.45, 2.75) is 60.4 Å². The van der Waals surface area contributed by atoms with Crippen LogP contribution in [0.15, 0.2) is 46.1 Å². The second-order valence-corrected chi connectivity index (χ2v) is 6.92. The normalized spacial score (nSPS) is 12.5. The minimum absolute atomic E-state index is 0.268. The fraction of sp³-hybridized carbons (Fsp3) is 0.579. The molecule has 0 bridgehead atoms. The van der Waals surface area contributed by atoms with E-state index in [0.29, 0.717) is 0 Å². The Morgan fingerprint density at radius 2 is 2.00 bits per heavy atom. The first-order valence-corrected chi connectivity index (χ1v) is 7.91. The van der Waals surface area contributed by atoms with Crippen molar-refractivity contribution >= 4 is 0 Å². The average Bonchev–Trinajstić information content (AvgIpc) is 2.89. The summed E-state index contributed by atoms with van der Waals surface area (Å²) in [7, 11) is 0. The summed E-state index contributed by atoms with van der Waals surface area (Å²) >= 11 is 0. The van der Waals surface area contributed by atoms with E-state index in [4.69, 9.17) is 4.42 Å². The van der Waals surface area contributed by atoms with E-state index >= 15 is 0 Å². The third-order valence-electron chi connectivity index (χ3n) is 3.58. The molecule has 0 unspecified atom stereocenters. The maximum atomic E-state index is 5.33. The summed E-state index contributed by atoms with van der Waals surface area (Å²) in [6.07, 6.45) is 9.86. The lowest BCUT2D eigenvalue weighted by Crippen LogP contribution is -2.28. The molecule has 0 fully saturated rings. The Balaban J connectivity index is 2.28. The van der Waals surface area contributed by atoms with Crippen LogP contribution in [0.1, 0.15) is 59.6 Å². The zero-order chi connectivity index (χ0) is 15.7. The van der Waals surface area contributed by atoms with E-state index in [-0.39, 0.29) is 5.41 Å². The zero-order valence-electron chi connectivity index (χ0n) is 14.3. The molecule has 0 radical (unpaired) electrons. The van der Waals surface area contributed by atoms with Crippen molar-refractivity contribution in [1.29, 1.82) is 0 Å². The number of allylic oxidation sites excluding steroid dienone is 4. The van der Waals surface area contributed by atoms with Gasteiger partial charge in [0.15, 0.2) is 0 Å². The first-order chi connectivity index (χ1) is 9.89. The van der Waals surface area contributed by atoms with Gasteiger partial charge in [-0.3, -0.25) is 0 Å². The molecule has 1 rings (SSSR count). The summed E-state index contributed by atoms with van der Waals surface area (Å²) in [6.45, 7) is 13.0. The fourth-order valence-corrected chi connectivity index (χ4v) is 2.15. The molecule has 0 spiro atoms. The number of rotatable bonds is 9. The van der Waals surface area contributed by atoms with Gasteiger partial charge in [-0.05, 0) is 57.6 Å². The van der Waals surface area contributed by atoms with Gasteiger partial charge >= 0.3 is 0 Å². The lowest BCUT2D eigenvalue weighted by atomic mass is 9.88. The van der Waals surface area contributed by atoms with Gasteiger partial charge in [0.05, 0.1) is 12.8 Å². The molecule has 118 valence electrons. The number of hydrogen-bond acceptors (Lipinski definition) is 2. The molecule has 0 saturated heterocycles. The van der Waals surface area contributed by atoms with E-state index in [1.807, 2.05) is 12.1 Å². The second kappa shape index (κ2) is 8.89. The van der Waals surface area contributed by atoms with Gasteiger partial charge in [-0.15, -0.1) is 0 Å². The van der Waals surface area contributed by atoms with Crippen molar-refractivity contribution in [3.8, 4) is 0 Å². The van der Waals surface area contributed by atoms with Crippen molar-refractivity contribution in [3.05, 3.63) is 47.5 Å². The quantitative estimate of drug-likeness (QED) is 0.609. The Labute approximate surface area is 130 Å². The maximum Gasteiger partial charge on any atom is 0.117 e. The highest BCUT2D eigenvalue weighted by molar-refractivity contribution is 5.04. The standard InChI is InChI=1S/C19H31NO/c1-16(2)8-6-9-17(3)11-12-19(4,5)15-20-14-18-10-7-13-21-18/h7-8,10-11,13,20H,6,9,12,14-15H2,1-5H3. The molecule has 0 aromatic carbocycles. The van der Waals surface area contributed by atoms with E-state index in [0.717, 1.165) is 31.7 Å². The largest absolute Gasteiger partial charge is 0.468 e. The van der Waals surface area contributed by atoms with Crippen molar-refractivity contribution < 1.29 is 4.42 Å². The van der Waals surface area contributed by atoms with Crippen LogP contribution in [0.25, 0.3) is 0 Å². The van der Waals surface area contributed by atoms with Crippen LogP contribution in [0.2, 0.25) is 0 Å². The highest BCUT2D eigenvalue weighted by Crippen LogP contribution is 2.22. The van der Waals surface area contributed by atoms with Gasteiger partial charge in [0.25, 0.3) is 0 Å². The minimum atomic E-state index is 0.268. The number of nitrogens with one attached hydrogen (secondary N) is 1. The fourth-order valence-electron chi connectivity index (χ4n) is 2.15. The molecule has 0 aliphatic heterocycles. The Kier molecular flexibility index (Phi) is 7.52. The van der Waals surface area contributed by atoms with E-state index in [2.05, 4.69) is 52.1 Å². The van der Waals surface area contributed by atoms with Gasteiger partial charge in [0.1, 0.15) is 5.76 Å². The molecule has 2 nitrogen and oxygen atoms in total. The van der Waals surface area contributed by atoms with Crippen LogP contribution in [-0.2, 0) is 6.54 Å². The highest BCUT2D eigenvalue weighted by atomic mass is 16.3. The van der Waals surface area contributed by atoms with Crippen LogP contribution in [0.4, 0.5) is 0 Å². The Bertz CT molecular complexity index is 448. The van der Waals surface area contributed by atoms with E-state index in [1.54, 1.807) is 6.26 Å². The molecule has 0 saturated carbocycles. The third kappa shape index (κ3) is 8.56. The van der Waals surface area contributed by atoms with Gasteiger partial charge in [-0.2, -0.15) is 0 Å². The lowest BCUT2D eigenvalue weighted by molar-refractivity contribution is 0.335. The van der Waals surface area contributed by atoms with Gasteiger partial charge in [0, 0.05) is 6.54 Å². The van der Waals surface area contributed by atoms with Crippen molar-refractivity contribution in [3.63, 3.8) is 0 Å². The summed E-state index contributed by atoms with van der Waals surface area (Å²) in [5, 5.41) is 3.48. The third-order valence-corrected chi connectivity index (χ3v) is 3.58. The van der Waals surface area contributed by atoms with E-state index < -0.39 is 0 Å². The van der Waals surface area contributed by atoms with Gasteiger partial charge in [0.2, 0.25) is 0 Å². The van der Waals surface area contributed by atoms with Crippen molar-refractivity contribution in [1.82, 2.24) is 5.32 Å². The maximum absolute atomic E-state index is 5.33. The van der Waals surface area contributed by atoms with Crippen molar-refractivity contribution in [2.24, 2.45) is 5.41 Å². The topological polar surface area (TPSA) is 25.2 Å². The van der Waals surface area contributed by atoms with Crippen LogP contribution in [-0.4, -0.2) is 6.54 Å². The molecule has 1 aromatic rings. The van der Waals surface area contributed by atoms with Crippen LogP contribution in [0, 0.1) is 5.41 Å². The van der Waals surface area contributed by atoms with E-state index in [1.165, 1.54) is 17.6 Å². The molecule has 1 heterocycles. The average molecular weight is 289 g/mol. The Morgan fingerprint density at radius 1 is 1.24 bits per heavy atom. The van der Waals surface area contributed by atoms with Crippen molar-refractivity contribution in [2.75, 3.05) is 6.54 Å². The summed E-state index contributed by atoms with van der Waals surface area (Å²) in [4.78, 5) is 0. The van der Waals surface area contributed by atoms with Gasteiger partial charge < -0.3 is 9.73 Å². The molecular formula is C19H31NO. The second-order valence-electron chi connectivity index (χ2n) is 6.92. The molecule has 2 heteroatoms. The first kappa shape index (κ1) is 17.8. The van der Waals surface area contributed by atoms with Crippen LogP contribution < -0.4 is 5.32 Å². The molecular weight excluding hydrogens is 258 g/mol. The van der Waals surface area contributed by atoms with Crippen LogP contribution in [0.5, 0.6) is 0 Å². The molecule has 21 heavy (non-hydrogen) atoms. The summed E-state index contributed by atoms with van der Waals surface area (Å²) in [5.74, 6) is 0.999. The van der Waals surface area contributed by atoms with E-state index in [9.17, 15) is 0 Å². The molecule has 0 amide bonds. The van der Waals surface area contributed by atoms with Crippen LogP contribution >= 0.6 is 0 Å². The molecule has 0 aliphatic carbocycles. The molecule has 0 atom stereocenters.